The van der Waals surface area contributed by atoms with Crippen LogP contribution in [-0.2, 0) is 11.2 Å². The zero-order chi connectivity index (χ0) is 16.4. The number of fused-ring (bicyclic) bond motifs is 1. The average Bonchev–Trinajstić information content (AvgIpc) is 2.83. The van der Waals surface area contributed by atoms with Crippen LogP contribution in [0.2, 0.25) is 0 Å². The Kier molecular flexibility index (Phi) is 4.65. The molecule has 0 bridgehead atoms. The Labute approximate surface area is 139 Å². The van der Waals surface area contributed by atoms with Gasteiger partial charge < -0.3 is 0 Å². The molecule has 1 aromatic heterocycles. The molecule has 0 saturated heterocycles. The van der Waals surface area contributed by atoms with E-state index in [0.29, 0.717) is 29.4 Å². The molecule has 1 aliphatic heterocycles. The Bertz CT molecular complexity index is 740. The Morgan fingerprint density at radius 3 is 2.87 bits per heavy atom. The molecule has 1 aliphatic rings. The molecule has 3 rings (SSSR count). The first-order valence-electron chi connectivity index (χ1n) is 7.06. The van der Waals surface area contributed by atoms with Crippen LogP contribution in [-0.4, -0.2) is 33.0 Å². The zero-order valence-corrected chi connectivity index (χ0v) is 14.5. The number of rotatable bonds is 5. The maximum absolute atomic E-state index is 13.2. The Morgan fingerprint density at radius 2 is 2.17 bits per heavy atom. The third-order valence-corrected chi connectivity index (χ3v) is 8.34. The molecular weight excluding hydrogens is 411 g/mol. The molecule has 1 atom stereocenters. The van der Waals surface area contributed by atoms with E-state index in [1.54, 1.807) is 12.1 Å². The molecule has 1 amide bonds. The third-order valence-electron chi connectivity index (χ3n) is 3.66. The first kappa shape index (κ1) is 16.3. The van der Waals surface area contributed by atoms with Gasteiger partial charge >= 0.3 is 139 Å². The molecule has 0 aliphatic carbocycles. The molecule has 23 heavy (non-hydrogen) atoms. The van der Waals surface area contributed by atoms with Gasteiger partial charge in [0.1, 0.15) is 0 Å². The summed E-state index contributed by atoms with van der Waals surface area (Å²) in [6.45, 7) is 0.455. The van der Waals surface area contributed by atoms with Gasteiger partial charge in [-0.3, -0.25) is 0 Å². The van der Waals surface area contributed by atoms with Crippen molar-refractivity contribution in [1.29, 1.82) is 0 Å². The van der Waals surface area contributed by atoms with Gasteiger partial charge in [-0.1, -0.05) is 0 Å². The van der Waals surface area contributed by atoms with Crippen LogP contribution in [0.5, 0.6) is 0 Å². The molecule has 5 nitrogen and oxygen atoms in total. The number of nitrogens with one attached hydrogen (secondary N) is 1. The molecule has 4 N–H and O–H groups in total. The van der Waals surface area contributed by atoms with Crippen LogP contribution in [0.4, 0.5) is 4.39 Å². The van der Waals surface area contributed by atoms with E-state index in [9.17, 15) is 12.6 Å². The number of carbonyl (C=O) groups is 1. The monoisotopic (exact) mass is 427 g/mol. The fourth-order valence-electron chi connectivity index (χ4n) is 2.53. The first-order chi connectivity index (χ1) is 11.0. The van der Waals surface area contributed by atoms with Gasteiger partial charge in [0.05, 0.1) is 0 Å². The SMILES string of the molecule is N[I-]1(O)C[B]c2c1cc(CCNC=O)nc2-c1ccc(F)cc1. The summed E-state index contributed by atoms with van der Waals surface area (Å²) in [5.41, 5.74) is 3.08. The zero-order valence-electron chi connectivity index (χ0n) is 12.3. The summed E-state index contributed by atoms with van der Waals surface area (Å²) in [5, 5.41) is 2.59. The van der Waals surface area contributed by atoms with E-state index in [1.165, 1.54) is 12.1 Å². The third kappa shape index (κ3) is 3.38. The number of halogens is 2. The van der Waals surface area contributed by atoms with Crippen LogP contribution in [0.25, 0.3) is 11.3 Å². The van der Waals surface area contributed by atoms with Gasteiger partial charge in [0, 0.05) is 0 Å². The minimum atomic E-state index is -3.43. The van der Waals surface area contributed by atoms with Crippen molar-refractivity contribution in [2.75, 3.05) is 10.9 Å². The molecular formula is C15H16BFIN3O2-. The van der Waals surface area contributed by atoms with Gasteiger partial charge in [0.15, 0.2) is 0 Å². The van der Waals surface area contributed by atoms with Crippen molar-refractivity contribution >= 4 is 19.2 Å². The predicted octanol–water partition coefficient (Wildman–Crippen LogP) is -3.41. The molecule has 0 spiro atoms. The minimum absolute atomic E-state index is 0.312. The molecule has 1 aromatic carbocycles. The van der Waals surface area contributed by atoms with Crippen molar-refractivity contribution in [2.45, 2.75) is 6.42 Å². The second-order valence-corrected chi connectivity index (χ2v) is 11.3. The van der Waals surface area contributed by atoms with Crippen LogP contribution < -0.4 is 33.8 Å². The van der Waals surface area contributed by atoms with Crippen molar-refractivity contribution in [3.8, 4) is 11.3 Å². The summed E-state index contributed by atoms with van der Waals surface area (Å²) in [4.78, 5) is 15.0. The number of aromatic nitrogens is 1. The molecule has 8 heteroatoms. The number of pyridine rings is 1. The topological polar surface area (TPSA) is 88.2 Å². The summed E-state index contributed by atoms with van der Waals surface area (Å²) in [6, 6.07) is 7.94. The van der Waals surface area contributed by atoms with E-state index in [-0.39, 0.29) is 5.82 Å². The van der Waals surface area contributed by atoms with E-state index < -0.39 is 19.1 Å². The van der Waals surface area contributed by atoms with Crippen LogP contribution in [0, 0.1) is 9.39 Å². The van der Waals surface area contributed by atoms with Crippen LogP contribution >= 0.6 is 0 Å². The summed E-state index contributed by atoms with van der Waals surface area (Å²) < 4.78 is 31.1. The number of alkyl halides is 1. The van der Waals surface area contributed by atoms with Crippen molar-refractivity contribution in [3.63, 3.8) is 0 Å². The van der Waals surface area contributed by atoms with Gasteiger partial charge in [-0.15, -0.1) is 0 Å². The maximum atomic E-state index is 13.2. The standard InChI is InChI=1S/C15H16BFIN3O2/c17-11-3-1-10(2-4-11)15-14-13(18(19,23)8-16-14)7-12(21-15)5-6-20-9-22/h1-4,7,9,23H,5-6,8,19H2,(H,20,22)/q-1. The number of amides is 1. The van der Waals surface area contributed by atoms with Gasteiger partial charge in [0.2, 0.25) is 0 Å². The molecule has 0 saturated carbocycles. The van der Waals surface area contributed by atoms with Crippen LogP contribution in [0.15, 0.2) is 30.3 Å². The summed E-state index contributed by atoms with van der Waals surface area (Å²) in [7, 11) is 1.92. The van der Waals surface area contributed by atoms with E-state index >= 15 is 0 Å². The number of benzene rings is 1. The van der Waals surface area contributed by atoms with Gasteiger partial charge in [-0.25, -0.2) is 0 Å². The van der Waals surface area contributed by atoms with Crippen molar-refractivity contribution in [2.24, 2.45) is 3.95 Å². The van der Waals surface area contributed by atoms with E-state index in [1.807, 2.05) is 13.3 Å². The molecule has 1 unspecified atom stereocenters. The Hall–Kier alpha value is -1.52. The number of nitrogens with zero attached hydrogens (tertiary/aromatic N) is 1. The van der Waals surface area contributed by atoms with Gasteiger partial charge in [-0.2, -0.15) is 0 Å². The molecule has 2 heterocycles. The fraction of sp³-hybridized carbons (Fsp3) is 0.200. The summed E-state index contributed by atoms with van der Waals surface area (Å²) in [5.74, 6) is -0.312. The van der Waals surface area contributed by atoms with Crippen molar-refractivity contribution in [1.82, 2.24) is 10.3 Å². The van der Waals surface area contributed by atoms with E-state index in [2.05, 4.69) is 10.3 Å². The number of nitrogens with two attached hydrogens (primary N) is 1. The molecule has 121 valence electrons. The first-order valence-corrected chi connectivity index (χ1v) is 11.9. The summed E-state index contributed by atoms with van der Waals surface area (Å²) >= 11 is -3.43. The van der Waals surface area contributed by atoms with E-state index in [4.69, 9.17) is 3.95 Å². The second kappa shape index (κ2) is 6.54. The van der Waals surface area contributed by atoms with Crippen LogP contribution in [0.1, 0.15) is 5.69 Å². The van der Waals surface area contributed by atoms with Crippen molar-refractivity contribution in [3.05, 3.63) is 45.4 Å². The average molecular weight is 427 g/mol. The molecule has 0 fully saturated rings. The van der Waals surface area contributed by atoms with E-state index in [0.717, 1.165) is 20.3 Å². The number of hydrogen-bond donors (Lipinski definition) is 3. The van der Waals surface area contributed by atoms with Crippen LogP contribution in [0.3, 0.4) is 0 Å². The van der Waals surface area contributed by atoms with Gasteiger partial charge in [-0.05, 0) is 0 Å². The summed E-state index contributed by atoms with van der Waals surface area (Å²) in [6.07, 6.45) is 1.18. The van der Waals surface area contributed by atoms with Crippen molar-refractivity contribution < 1.29 is 31.7 Å². The quantitative estimate of drug-likeness (QED) is 0.116. The Balaban J connectivity index is 2.06. The molecule has 2 aromatic rings. The number of carbonyl (C=O) groups excluding carboxylic acids is 1. The van der Waals surface area contributed by atoms with Gasteiger partial charge in [0.25, 0.3) is 0 Å². The second-order valence-electron chi connectivity index (χ2n) is 5.24. The predicted molar refractivity (Wildman–Crippen MR) is 82.8 cm³/mol. The fourth-order valence-corrected chi connectivity index (χ4v) is 6.50. The molecule has 1 radical (unpaired) electrons. The normalized spacial score (nSPS) is 21.9. The Morgan fingerprint density at radius 1 is 1.43 bits per heavy atom. The number of hydrogen-bond acceptors (Lipinski definition) is 4.